The summed E-state index contributed by atoms with van der Waals surface area (Å²) in [5.74, 6) is -1.41. The molecule has 0 aromatic rings. The van der Waals surface area contributed by atoms with Gasteiger partial charge in [0.05, 0.1) is 5.92 Å². The minimum Gasteiger partial charge on any atom is -0.313 e. The Bertz CT molecular complexity index is 255. The first kappa shape index (κ1) is 15.8. The van der Waals surface area contributed by atoms with Crippen LogP contribution in [-0.4, -0.2) is 18.8 Å². The summed E-state index contributed by atoms with van der Waals surface area (Å²) in [7, 11) is 0. The van der Waals surface area contributed by atoms with Gasteiger partial charge in [0, 0.05) is 6.04 Å². The van der Waals surface area contributed by atoms with Crippen LogP contribution in [0.5, 0.6) is 0 Å². The summed E-state index contributed by atoms with van der Waals surface area (Å²) in [5, 5.41) is 3.29. The van der Waals surface area contributed by atoms with Gasteiger partial charge in [-0.25, -0.2) is 0 Å². The van der Waals surface area contributed by atoms with Crippen molar-refractivity contribution in [2.24, 2.45) is 17.3 Å². The van der Waals surface area contributed by atoms with Crippen LogP contribution in [0.2, 0.25) is 0 Å². The number of alkyl halides is 3. The van der Waals surface area contributed by atoms with Crippen molar-refractivity contribution in [2.75, 3.05) is 6.54 Å². The van der Waals surface area contributed by atoms with Crippen LogP contribution in [0.3, 0.4) is 0 Å². The van der Waals surface area contributed by atoms with Crippen LogP contribution in [0, 0.1) is 17.3 Å². The predicted octanol–water partition coefficient (Wildman–Crippen LogP) is 4.38. The first-order valence-electron chi connectivity index (χ1n) is 6.98. The van der Waals surface area contributed by atoms with Crippen LogP contribution in [0.4, 0.5) is 13.2 Å². The Hall–Kier alpha value is -0.250. The summed E-state index contributed by atoms with van der Waals surface area (Å²) in [6, 6.07) is -0.0607. The Kier molecular flexibility index (Phi) is 5.10. The molecule has 1 fully saturated rings. The lowest BCUT2D eigenvalue weighted by Crippen LogP contribution is -2.51. The number of hydrogen-bond acceptors (Lipinski definition) is 1. The monoisotopic (exact) mass is 265 g/mol. The Morgan fingerprint density at radius 2 is 1.67 bits per heavy atom. The fraction of sp³-hybridized carbons (Fsp3) is 1.00. The summed E-state index contributed by atoms with van der Waals surface area (Å²) in [6.45, 7) is 8.78. The third-order valence-corrected chi connectivity index (χ3v) is 4.03. The second-order valence-electron chi connectivity index (χ2n) is 6.50. The lowest BCUT2D eigenvalue weighted by Gasteiger charge is -2.44. The highest BCUT2D eigenvalue weighted by Crippen LogP contribution is 2.45. The molecule has 1 aliphatic carbocycles. The van der Waals surface area contributed by atoms with E-state index < -0.39 is 12.1 Å². The van der Waals surface area contributed by atoms with E-state index >= 15 is 0 Å². The van der Waals surface area contributed by atoms with Gasteiger partial charge in [0.15, 0.2) is 0 Å². The lowest BCUT2D eigenvalue weighted by atomic mass is 9.67. The molecule has 0 spiro atoms. The van der Waals surface area contributed by atoms with Crippen LogP contribution in [-0.2, 0) is 0 Å². The molecule has 3 unspecified atom stereocenters. The first-order valence-corrected chi connectivity index (χ1v) is 6.98. The van der Waals surface area contributed by atoms with Crippen molar-refractivity contribution in [1.82, 2.24) is 5.32 Å². The SMILES string of the molecule is CCNC(C1CCCCC1C(F)(F)F)C(C)(C)C. The maximum Gasteiger partial charge on any atom is 0.392 e. The molecule has 108 valence electrons. The van der Waals surface area contributed by atoms with Crippen LogP contribution < -0.4 is 5.32 Å². The summed E-state index contributed by atoms with van der Waals surface area (Å²) < 4.78 is 39.5. The molecule has 0 aromatic carbocycles. The van der Waals surface area contributed by atoms with Gasteiger partial charge in [0.2, 0.25) is 0 Å². The van der Waals surface area contributed by atoms with E-state index in [-0.39, 0.29) is 17.4 Å². The molecule has 1 N–H and O–H groups in total. The molecular weight excluding hydrogens is 239 g/mol. The molecule has 0 heterocycles. The van der Waals surface area contributed by atoms with Crippen molar-refractivity contribution < 1.29 is 13.2 Å². The van der Waals surface area contributed by atoms with Gasteiger partial charge >= 0.3 is 6.18 Å². The topological polar surface area (TPSA) is 12.0 Å². The average Bonchev–Trinajstić information content (AvgIpc) is 2.23. The van der Waals surface area contributed by atoms with Gasteiger partial charge in [-0.05, 0) is 30.7 Å². The van der Waals surface area contributed by atoms with Gasteiger partial charge in [0.1, 0.15) is 0 Å². The molecule has 1 nitrogen and oxygen atoms in total. The third-order valence-electron chi connectivity index (χ3n) is 4.03. The standard InChI is InChI=1S/C14H26F3N/c1-5-18-12(13(2,3)4)10-8-6-7-9-11(10)14(15,16)17/h10-12,18H,5-9H2,1-4H3. The van der Waals surface area contributed by atoms with E-state index in [1.54, 1.807) is 0 Å². The molecule has 1 aliphatic rings. The van der Waals surface area contributed by atoms with E-state index in [0.717, 1.165) is 13.0 Å². The molecule has 0 amide bonds. The predicted molar refractivity (Wildman–Crippen MR) is 68.4 cm³/mol. The Morgan fingerprint density at radius 3 is 2.11 bits per heavy atom. The Labute approximate surface area is 109 Å². The minimum absolute atomic E-state index is 0.0607. The van der Waals surface area contributed by atoms with Crippen LogP contribution in [0.15, 0.2) is 0 Å². The highest BCUT2D eigenvalue weighted by molar-refractivity contribution is 4.93. The zero-order valence-electron chi connectivity index (χ0n) is 11.9. The molecule has 0 bridgehead atoms. The van der Waals surface area contributed by atoms with Crippen molar-refractivity contribution in [2.45, 2.75) is 65.6 Å². The minimum atomic E-state index is -4.05. The van der Waals surface area contributed by atoms with E-state index in [9.17, 15) is 13.2 Å². The maximum absolute atomic E-state index is 13.2. The molecule has 18 heavy (non-hydrogen) atoms. The van der Waals surface area contributed by atoms with Crippen LogP contribution in [0.1, 0.15) is 53.4 Å². The van der Waals surface area contributed by atoms with Crippen molar-refractivity contribution in [3.05, 3.63) is 0 Å². The van der Waals surface area contributed by atoms with Crippen molar-refractivity contribution in [3.63, 3.8) is 0 Å². The highest BCUT2D eigenvalue weighted by Gasteiger charge is 2.49. The van der Waals surface area contributed by atoms with Crippen molar-refractivity contribution in [1.29, 1.82) is 0 Å². The quantitative estimate of drug-likeness (QED) is 0.798. The normalized spacial score (nSPS) is 28.2. The second-order valence-corrected chi connectivity index (χ2v) is 6.50. The molecule has 1 saturated carbocycles. The molecule has 0 aliphatic heterocycles. The van der Waals surface area contributed by atoms with Crippen molar-refractivity contribution >= 4 is 0 Å². The largest absolute Gasteiger partial charge is 0.392 e. The molecule has 0 radical (unpaired) electrons. The van der Waals surface area contributed by atoms with E-state index in [4.69, 9.17) is 0 Å². The molecule has 3 atom stereocenters. The summed E-state index contributed by atoms with van der Waals surface area (Å²) in [6.07, 6.45) is -1.42. The molecule has 0 aromatic heterocycles. The van der Waals surface area contributed by atoms with E-state index in [2.05, 4.69) is 5.32 Å². The summed E-state index contributed by atoms with van der Waals surface area (Å²) in [4.78, 5) is 0. The van der Waals surface area contributed by atoms with Gasteiger partial charge in [-0.1, -0.05) is 40.5 Å². The fourth-order valence-electron chi connectivity index (χ4n) is 3.28. The van der Waals surface area contributed by atoms with E-state index in [1.165, 1.54) is 0 Å². The molecule has 4 heteroatoms. The Morgan fingerprint density at radius 1 is 1.11 bits per heavy atom. The van der Waals surface area contributed by atoms with E-state index in [0.29, 0.717) is 19.3 Å². The zero-order chi connectivity index (χ0) is 14.0. The first-order chi connectivity index (χ1) is 8.18. The fourth-order valence-corrected chi connectivity index (χ4v) is 3.28. The van der Waals surface area contributed by atoms with Gasteiger partial charge < -0.3 is 5.32 Å². The molecule has 1 rings (SSSR count). The number of nitrogens with one attached hydrogen (secondary N) is 1. The van der Waals surface area contributed by atoms with Gasteiger partial charge in [-0.15, -0.1) is 0 Å². The van der Waals surface area contributed by atoms with Gasteiger partial charge in [0.25, 0.3) is 0 Å². The van der Waals surface area contributed by atoms with Gasteiger partial charge in [-0.3, -0.25) is 0 Å². The highest BCUT2D eigenvalue weighted by atomic mass is 19.4. The summed E-state index contributed by atoms with van der Waals surface area (Å²) in [5.41, 5.74) is -0.137. The van der Waals surface area contributed by atoms with Crippen LogP contribution in [0.25, 0.3) is 0 Å². The smallest absolute Gasteiger partial charge is 0.313 e. The van der Waals surface area contributed by atoms with Crippen molar-refractivity contribution in [3.8, 4) is 0 Å². The number of hydrogen-bond donors (Lipinski definition) is 1. The molecule has 0 saturated heterocycles. The Balaban J connectivity index is 2.92. The summed E-state index contributed by atoms with van der Waals surface area (Å²) >= 11 is 0. The lowest BCUT2D eigenvalue weighted by molar-refractivity contribution is -0.202. The third kappa shape index (κ3) is 3.87. The second kappa shape index (κ2) is 5.81. The van der Waals surface area contributed by atoms with Gasteiger partial charge in [-0.2, -0.15) is 13.2 Å². The maximum atomic E-state index is 13.2. The number of halogens is 3. The van der Waals surface area contributed by atoms with Crippen LogP contribution >= 0.6 is 0 Å². The zero-order valence-corrected chi connectivity index (χ0v) is 11.9. The number of rotatable bonds is 3. The van der Waals surface area contributed by atoms with E-state index in [1.807, 2.05) is 27.7 Å². The molecular formula is C14H26F3N. The average molecular weight is 265 g/mol.